The van der Waals surface area contributed by atoms with Gasteiger partial charge in [-0.3, -0.25) is 24.0 Å². The molecule has 11 N–H and O–H groups in total. The Hall–Kier alpha value is -3.30. The van der Waals surface area contributed by atoms with E-state index in [4.69, 9.17) is 26.8 Å². The molecule has 0 aromatic carbocycles. The predicted molar refractivity (Wildman–Crippen MR) is 115 cm³/mol. The van der Waals surface area contributed by atoms with E-state index in [0.717, 1.165) is 0 Å². The van der Waals surface area contributed by atoms with Crippen LogP contribution in [0.5, 0.6) is 0 Å². The number of aliphatic carboxylic acids is 3. The molecule has 0 heterocycles. The van der Waals surface area contributed by atoms with Gasteiger partial charge in [-0.05, 0) is 32.7 Å². The van der Waals surface area contributed by atoms with E-state index in [0.29, 0.717) is 19.4 Å². The Bertz CT molecular complexity index is 745. The number of carboxylic acids is 3. The van der Waals surface area contributed by atoms with Crippen LogP contribution in [0.15, 0.2) is 0 Å². The number of unbranched alkanes of at least 4 members (excludes halogenated alkanes) is 1. The molecule has 34 heavy (non-hydrogen) atoms. The van der Waals surface area contributed by atoms with Gasteiger partial charge in [0.05, 0.1) is 18.6 Å². The molecule has 0 radical (unpaired) electrons. The first-order chi connectivity index (χ1) is 15.8. The number of nitrogens with two attached hydrogens (primary N) is 2. The van der Waals surface area contributed by atoms with Crippen molar-refractivity contribution in [2.24, 2.45) is 11.5 Å². The molecule has 0 saturated carbocycles. The zero-order valence-corrected chi connectivity index (χ0v) is 18.7. The molecule has 0 aliphatic carbocycles. The first-order valence-corrected chi connectivity index (χ1v) is 10.5. The largest absolute Gasteiger partial charge is 0.481 e. The highest BCUT2D eigenvalue weighted by Gasteiger charge is 2.33. The van der Waals surface area contributed by atoms with Crippen molar-refractivity contribution < 1.29 is 49.2 Å². The summed E-state index contributed by atoms with van der Waals surface area (Å²) >= 11 is 0. The number of rotatable bonds is 17. The average Bonchev–Trinajstić information content (AvgIpc) is 2.73. The molecule has 0 saturated heterocycles. The van der Waals surface area contributed by atoms with Crippen molar-refractivity contribution in [3.05, 3.63) is 0 Å². The fraction of sp³-hybridized carbons (Fsp3) is 0.684. The number of nitrogens with one attached hydrogen (secondary N) is 3. The van der Waals surface area contributed by atoms with E-state index >= 15 is 0 Å². The van der Waals surface area contributed by atoms with Crippen LogP contribution in [-0.2, 0) is 28.8 Å². The van der Waals surface area contributed by atoms with E-state index in [1.165, 1.54) is 6.92 Å². The van der Waals surface area contributed by atoms with Crippen LogP contribution in [0, 0.1) is 0 Å². The normalized spacial score (nSPS) is 15.2. The molecule has 0 spiro atoms. The van der Waals surface area contributed by atoms with Crippen LogP contribution in [0.1, 0.15) is 45.4 Å². The van der Waals surface area contributed by atoms with Crippen LogP contribution >= 0.6 is 0 Å². The summed E-state index contributed by atoms with van der Waals surface area (Å²) in [5.74, 6) is -7.46. The monoisotopic (exact) mass is 491 g/mol. The van der Waals surface area contributed by atoms with Crippen LogP contribution in [-0.4, -0.2) is 92.9 Å². The Kier molecular flexibility index (Phi) is 14.0. The molecular formula is C19H33N5O10. The topological polar surface area (TPSA) is 271 Å². The molecule has 5 unspecified atom stereocenters. The maximum absolute atomic E-state index is 12.7. The van der Waals surface area contributed by atoms with Gasteiger partial charge < -0.3 is 47.8 Å². The van der Waals surface area contributed by atoms with Gasteiger partial charge in [0.1, 0.15) is 18.1 Å². The maximum atomic E-state index is 12.7. The Labute approximate surface area is 195 Å². The van der Waals surface area contributed by atoms with E-state index in [1.807, 2.05) is 5.32 Å². The van der Waals surface area contributed by atoms with Gasteiger partial charge in [0.25, 0.3) is 0 Å². The van der Waals surface area contributed by atoms with Gasteiger partial charge in [-0.2, -0.15) is 0 Å². The van der Waals surface area contributed by atoms with Gasteiger partial charge in [0.2, 0.25) is 17.7 Å². The summed E-state index contributed by atoms with van der Waals surface area (Å²) in [6.45, 7) is 1.59. The van der Waals surface area contributed by atoms with Crippen molar-refractivity contribution in [2.75, 3.05) is 6.54 Å². The zero-order valence-electron chi connectivity index (χ0n) is 18.7. The van der Waals surface area contributed by atoms with Crippen LogP contribution in [0.2, 0.25) is 0 Å². The Morgan fingerprint density at radius 3 is 1.85 bits per heavy atom. The zero-order chi connectivity index (χ0) is 26.4. The lowest BCUT2D eigenvalue weighted by atomic mass is 10.1. The minimum atomic E-state index is -1.84. The van der Waals surface area contributed by atoms with E-state index in [1.54, 1.807) is 0 Å². The molecule has 0 fully saturated rings. The molecule has 194 valence electrons. The standard InChI is InChI=1S/C19H33N5O10/c1-9(25)15(24-16(30)10(21)4-2-3-7-20)18(32)22-11(5-6-13(26)27)17(31)23-12(19(33)34)8-14(28)29/h9-12,15,25H,2-8,20-21H2,1H3,(H,22,32)(H,23,31)(H,24,30)(H,26,27)(H,28,29)(H,33,34). The highest BCUT2D eigenvalue weighted by molar-refractivity contribution is 5.95. The van der Waals surface area contributed by atoms with Crippen LogP contribution < -0.4 is 27.4 Å². The summed E-state index contributed by atoms with van der Waals surface area (Å²) in [4.78, 5) is 70.4. The molecule has 0 aliphatic rings. The van der Waals surface area contributed by atoms with Crippen LogP contribution in [0.25, 0.3) is 0 Å². The third-order valence-corrected chi connectivity index (χ3v) is 4.64. The highest BCUT2D eigenvalue weighted by atomic mass is 16.4. The first-order valence-electron chi connectivity index (χ1n) is 10.5. The van der Waals surface area contributed by atoms with Gasteiger partial charge in [0, 0.05) is 6.42 Å². The van der Waals surface area contributed by atoms with Crippen molar-refractivity contribution >= 4 is 35.6 Å². The van der Waals surface area contributed by atoms with E-state index in [2.05, 4.69) is 10.6 Å². The Morgan fingerprint density at radius 1 is 0.794 bits per heavy atom. The molecule has 15 nitrogen and oxygen atoms in total. The Morgan fingerprint density at radius 2 is 1.38 bits per heavy atom. The molecule has 3 amide bonds. The lowest BCUT2D eigenvalue weighted by Crippen LogP contribution is -2.59. The SMILES string of the molecule is CC(O)C(NC(=O)C(N)CCCCN)C(=O)NC(CCC(=O)O)C(=O)NC(CC(=O)O)C(=O)O. The minimum Gasteiger partial charge on any atom is -0.481 e. The molecule has 0 aromatic heterocycles. The van der Waals surface area contributed by atoms with Gasteiger partial charge in [-0.15, -0.1) is 0 Å². The van der Waals surface area contributed by atoms with Crippen LogP contribution in [0.4, 0.5) is 0 Å². The van der Waals surface area contributed by atoms with Gasteiger partial charge in [-0.25, -0.2) is 4.79 Å². The smallest absolute Gasteiger partial charge is 0.326 e. The number of amides is 3. The lowest BCUT2D eigenvalue weighted by molar-refractivity contribution is -0.147. The van der Waals surface area contributed by atoms with Crippen molar-refractivity contribution in [2.45, 2.75) is 75.7 Å². The number of carboxylic acid groups (broad SMARTS) is 3. The molecule has 15 heteroatoms. The molecule has 0 bridgehead atoms. The van der Waals surface area contributed by atoms with E-state index in [9.17, 15) is 33.9 Å². The first kappa shape index (κ1) is 30.7. The molecule has 5 atom stereocenters. The maximum Gasteiger partial charge on any atom is 0.326 e. The summed E-state index contributed by atoms with van der Waals surface area (Å²) in [6.07, 6.45) is -2.05. The highest BCUT2D eigenvalue weighted by Crippen LogP contribution is 2.05. The summed E-state index contributed by atoms with van der Waals surface area (Å²) < 4.78 is 0. The third-order valence-electron chi connectivity index (χ3n) is 4.64. The van der Waals surface area contributed by atoms with Crippen LogP contribution in [0.3, 0.4) is 0 Å². The van der Waals surface area contributed by atoms with Gasteiger partial charge >= 0.3 is 17.9 Å². The van der Waals surface area contributed by atoms with Crippen molar-refractivity contribution in [3.8, 4) is 0 Å². The second-order valence-corrected chi connectivity index (χ2v) is 7.61. The summed E-state index contributed by atoms with van der Waals surface area (Å²) in [6, 6.07) is -6.01. The minimum absolute atomic E-state index is 0.265. The van der Waals surface area contributed by atoms with Crippen molar-refractivity contribution in [1.29, 1.82) is 0 Å². The number of hydrogen-bond donors (Lipinski definition) is 9. The van der Waals surface area contributed by atoms with Crippen molar-refractivity contribution in [1.82, 2.24) is 16.0 Å². The van der Waals surface area contributed by atoms with Gasteiger partial charge in [0.15, 0.2) is 0 Å². The molecular weight excluding hydrogens is 458 g/mol. The second kappa shape index (κ2) is 15.5. The summed E-state index contributed by atoms with van der Waals surface area (Å²) in [5, 5.41) is 43.1. The fourth-order valence-electron chi connectivity index (χ4n) is 2.75. The summed E-state index contributed by atoms with van der Waals surface area (Å²) in [7, 11) is 0. The van der Waals surface area contributed by atoms with E-state index in [-0.39, 0.29) is 6.42 Å². The third kappa shape index (κ3) is 12.1. The lowest BCUT2D eigenvalue weighted by Gasteiger charge is -2.26. The average molecular weight is 491 g/mol. The summed E-state index contributed by atoms with van der Waals surface area (Å²) in [5.41, 5.74) is 11.1. The molecule has 0 rings (SSSR count). The molecule has 0 aliphatic heterocycles. The van der Waals surface area contributed by atoms with E-state index < -0.39 is 85.2 Å². The quantitative estimate of drug-likeness (QED) is 0.0905. The van der Waals surface area contributed by atoms with Crippen molar-refractivity contribution in [3.63, 3.8) is 0 Å². The second-order valence-electron chi connectivity index (χ2n) is 7.61. The Balaban J connectivity index is 5.44. The fourth-order valence-corrected chi connectivity index (χ4v) is 2.75. The number of aliphatic hydroxyl groups excluding tert-OH is 1. The number of aliphatic hydroxyl groups is 1. The number of hydrogen-bond acceptors (Lipinski definition) is 9. The van der Waals surface area contributed by atoms with Gasteiger partial charge in [-0.1, -0.05) is 6.42 Å². The molecule has 0 aromatic rings. The number of carbonyl (C=O) groups excluding carboxylic acids is 3. The predicted octanol–water partition coefficient (Wildman–Crippen LogP) is -3.30. The number of carbonyl (C=O) groups is 6.